The molecule has 1 aromatic rings. The summed E-state index contributed by atoms with van der Waals surface area (Å²) in [5.74, 6) is 0. The van der Waals surface area contributed by atoms with Crippen LogP contribution in [0.2, 0.25) is 0 Å². The minimum Gasteiger partial charge on any atom is -0.450 e. The predicted molar refractivity (Wildman–Crippen MR) is 31.7 cm³/mol. The molecule has 0 aliphatic carbocycles. The molecule has 0 saturated carbocycles. The van der Waals surface area contributed by atoms with Crippen molar-refractivity contribution in [1.82, 2.24) is 0 Å². The third-order valence-electron chi connectivity index (χ3n) is 0.972. The number of nitriles is 1. The molecule has 0 atom stereocenters. The molecule has 0 N–H and O–H groups in total. The Kier molecular flexibility index (Phi) is 1.66. The molecule has 1 rings (SSSR count). The van der Waals surface area contributed by atoms with Gasteiger partial charge in [0, 0.05) is 0 Å². The fraction of sp³-hybridized carbons (Fsp3) is 0. The fourth-order valence-corrected chi connectivity index (χ4v) is 1.11. The summed E-state index contributed by atoms with van der Waals surface area (Å²) in [4.78, 5) is 0. The van der Waals surface area contributed by atoms with Crippen molar-refractivity contribution in [3.8, 4) is 6.07 Å². The lowest BCUT2D eigenvalue weighted by Crippen LogP contribution is -1.91. The van der Waals surface area contributed by atoms with Crippen molar-refractivity contribution in [3.05, 3.63) is 17.9 Å². The van der Waals surface area contributed by atoms with E-state index >= 15 is 0 Å². The molecular weight excluding hydrogens is 173 g/mol. The summed E-state index contributed by atoms with van der Waals surface area (Å²) in [6, 6.07) is 2.55. The van der Waals surface area contributed by atoms with Gasteiger partial charge in [-0.15, -0.1) is 0 Å². The smallest absolute Gasteiger partial charge is 0.367 e. The van der Waals surface area contributed by atoms with Crippen LogP contribution in [-0.4, -0.2) is 8.42 Å². The van der Waals surface area contributed by atoms with E-state index in [1.54, 1.807) is 0 Å². The lowest BCUT2D eigenvalue weighted by molar-refractivity contribution is 0.433. The van der Waals surface area contributed by atoms with Crippen LogP contribution in [0.5, 0.6) is 0 Å². The summed E-state index contributed by atoms with van der Waals surface area (Å²) < 4.78 is 36.7. The lowest BCUT2D eigenvalue weighted by Gasteiger charge is -1.85. The van der Waals surface area contributed by atoms with E-state index < -0.39 is 15.3 Å². The highest BCUT2D eigenvalue weighted by molar-refractivity contribution is 7.86. The fourth-order valence-electron chi connectivity index (χ4n) is 0.567. The number of nitrogens with zero attached hydrogens (tertiary/aromatic N) is 1. The van der Waals surface area contributed by atoms with Crippen LogP contribution in [0.4, 0.5) is 3.89 Å². The van der Waals surface area contributed by atoms with Gasteiger partial charge in [-0.3, -0.25) is 0 Å². The highest BCUT2D eigenvalue weighted by Crippen LogP contribution is 2.17. The molecule has 4 nitrogen and oxygen atoms in total. The first kappa shape index (κ1) is 7.75. The zero-order valence-electron chi connectivity index (χ0n) is 5.11. The van der Waals surface area contributed by atoms with Crippen LogP contribution >= 0.6 is 0 Å². The Hall–Kier alpha value is -1.35. The Morgan fingerprint density at radius 2 is 2.27 bits per heavy atom. The van der Waals surface area contributed by atoms with E-state index in [0.29, 0.717) is 0 Å². The lowest BCUT2D eigenvalue weighted by atomic mass is 10.4. The van der Waals surface area contributed by atoms with Gasteiger partial charge >= 0.3 is 10.2 Å². The van der Waals surface area contributed by atoms with Crippen molar-refractivity contribution in [2.24, 2.45) is 0 Å². The predicted octanol–water partition coefficient (Wildman–Crippen LogP) is 0.809. The molecule has 6 heteroatoms. The summed E-state index contributed by atoms with van der Waals surface area (Å²) in [7, 11) is -4.89. The van der Waals surface area contributed by atoms with Gasteiger partial charge in [-0.05, 0) is 6.07 Å². The molecule has 0 bridgehead atoms. The van der Waals surface area contributed by atoms with E-state index in [1.165, 1.54) is 6.07 Å². The number of hydrogen-bond acceptors (Lipinski definition) is 4. The standard InChI is InChI=1S/C5H2FNO3S/c6-11(8,9)5-4(3-7)1-2-10-5/h1-2H. The van der Waals surface area contributed by atoms with Gasteiger partial charge in [0.25, 0.3) is 5.09 Å². The molecule has 58 valence electrons. The molecule has 0 aliphatic heterocycles. The van der Waals surface area contributed by atoms with Gasteiger partial charge in [0.15, 0.2) is 0 Å². The van der Waals surface area contributed by atoms with Crippen molar-refractivity contribution in [2.45, 2.75) is 5.09 Å². The molecule has 0 unspecified atom stereocenters. The maximum absolute atomic E-state index is 12.1. The van der Waals surface area contributed by atoms with E-state index in [9.17, 15) is 12.3 Å². The molecule has 1 aromatic heterocycles. The van der Waals surface area contributed by atoms with E-state index in [-0.39, 0.29) is 5.56 Å². The van der Waals surface area contributed by atoms with Gasteiger partial charge in [-0.25, -0.2) is 0 Å². The molecule has 0 fully saturated rings. The Morgan fingerprint density at radius 3 is 2.64 bits per heavy atom. The van der Waals surface area contributed by atoms with Crippen molar-refractivity contribution in [2.75, 3.05) is 0 Å². The van der Waals surface area contributed by atoms with Gasteiger partial charge in [-0.2, -0.15) is 13.7 Å². The first-order chi connectivity index (χ1) is 5.05. The highest BCUT2D eigenvalue weighted by Gasteiger charge is 2.20. The quantitative estimate of drug-likeness (QED) is 0.592. The molecule has 0 radical (unpaired) electrons. The van der Waals surface area contributed by atoms with Gasteiger partial charge in [-0.1, -0.05) is 3.89 Å². The maximum atomic E-state index is 12.1. The third-order valence-corrected chi connectivity index (χ3v) is 1.73. The van der Waals surface area contributed by atoms with E-state index in [0.717, 1.165) is 12.3 Å². The Morgan fingerprint density at radius 1 is 1.64 bits per heavy atom. The summed E-state index contributed by atoms with van der Waals surface area (Å²) in [5, 5.41) is 7.30. The topological polar surface area (TPSA) is 71.1 Å². The van der Waals surface area contributed by atoms with Crippen molar-refractivity contribution >= 4 is 10.2 Å². The molecular formula is C5H2FNO3S. The van der Waals surface area contributed by atoms with Crippen LogP contribution in [0.1, 0.15) is 5.56 Å². The van der Waals surface area contributed by atoms with Gasteiger partial charge < -0.3 is 4.42 Å². The van der Waals surface area contributed by atoms with Crippen molar-refractivity contribution < 1.29 is 16.7 Å². The zero-order chi connectivity index (χ0) is 8.48. The van der Waals surface area contributed by atoms with Crippen LogP contribution in [0, 0.1) is 11.3 Å². The zero-order valence-corrected chi connectivity index (χ0v) is 5.93. The molecule has 0 saturated heterocycles. The first-order valence-corrected chi connectivity index (χ1v) is 3.86. The highest BCUT2D eigenvalue weighted by atomic mass is 32.3. The first-order valence-electron chi connectivity index (χ1n) is 2.48. The van der Waals surface area contributed by atoms with Crippen LogP contribution in [0.15, 0.2) is 21.8 Å². The molecule has 0 spiro atoms. The second-order valence-electron chi connectivity index (χ2n) is 1.67. The monoisotopic (exact) mass is 175 g/mol. The Bertz CT molecular complexity index is 400. The minimum absolute atomic E-state index is 0.326. The second-order valence-corrected chi connectivity index (χ2v) is 2.92. The summed E-state index contributed by atoms with van der Waals surface area (Å²) in [5.41, 5.74) is -0.326. The average molecular weight is 175 g/mol. The van der Waals surface area contributed by atoms with Crippen LogP contribution in [0.3, 0.4) is 0 Å². The van der Waals surface area contributed by atoms with Crippen molar-refractivity contribution in [1.29, 1.82) is 5.26 Å². The molecule has 0 amide bonds. The summed E-state index contributed by atoms with van der Waals surface area (Å²) in [6.45, 7) is 0. The SMILES string of the molecule is N#Cc1ccoc1S(=O)(=O)F. The van der Waals surface area contributed by atoms with E-state index in [4.69, 9.17) is 5.26 Å². The summed E-state index contributed by atoms with van der Waals surface area (Å²) in [6.07, 6.45) is 0.936. The number of rotatable bonds is 1. The number of halogens is 1. The minimum atomic E-state index is -4.89. The number of furan rings is 1. The summed E-state index contributed by atoms with van der Waals surface area (Å²) >= 11 is 0. The molecule has 0 aliphatic rings. The van der Waals surface area contributed by atoms with Crippen LogP contribution in [-0.2, 0) is 10.2 Å². The van der Waals surface area contributed by atoms with Gasteiger partial charge in [0.05, 0.1) is 6.26 Å². The number of hydrogen-bond donors (Lipinski definition) is 0. The van der Waals surface area contributed by atoms with Crippen molar-refractivity contribution in [3.63, 3.8) is 0 Å². The maximum Gasteiger partial charge on any atom is 0.367 e. The largest absolute Gasteiger partial charge is 0.450 e. The Balaban J connectivity index is 3.39. The molecule has 11 heavy (non-hydrogen) atoms. The van der Waals surface area contributed by atoms with E-state index in [1.807, 2.05) is 0 Å². The molecule has 0 aromatic carbocycles. The van der Waals surface area contributed by atoms with Gasteiger partial charge in [0.1, 0.15) is 11.6 Å². The third kappa shape index (κ3) is 1.38. The second kappa shape index (κ2) is 2.36. The van der Waals surface area contributed by atoms with Crippen LogP contribution < -0.4 is 0 Å². The normalized spacial score (nSPS) is 10.9. The van der Waals surface area contributed by atoms with Crippen LogP contribution in [0.25, 0.3) is 0 Å². The van der Waals surface area contributed by atoms with Gasteiger partial charge in [0.2, 0.25) is 0 Å². The Labute approximate surface area is 62.1 Å². The molecule has 1 heterocycles. The van der Waals surface area contributed by atoms with E-state index in [2.05, 4.69) is 4.42 Å². The average Bonchev–Trinajstić information content (AvgIpc) is 2.31.